The Morgan fingerprint density at radius 2 is 2.10 bits per heavy atom. The Hall–Kier alpha value is -2.04. The zero-order chi connectivity index (χ0) is 14.9. The van der Waals surface area contributed by atoms with Crippen molar-refractivity contribution < 1.29 is 4.42 Å². The van der Waals surface area contributed by atoms with Gasteiger partial charge in [-0.1, -0.05) is 0 Å². The normalized spacial score (nSPS) is 15.0. The Labute approximate surface area is 125 Å². The lowest BCUT2D eigenvalue weighted by Gasteiger charge is -2.21. The fourth-order valence-corrected chi connectivity index (χ4v) is 2.13. The molecular weight excluding hydrogens is 264 g/mol. The van der Waals surface area contributed by atoms with E-state index in [9.17, 15) is 0 Å². The molecule has 1 fully saturated rings. The second kappa shape index (κ2) is 5.39. The van der Waals surface area contributed by atoms with E-state index in [-0.39, 0.29) is 5.54 Å². The maximum absolute atomic E-state index is 5.33. The third-order valence-corrected chi connectivity index (χ3v) is 3.25. The van der Waals surface area contributed by atoms with Gasteiger partial charge in [-0.2, -0.15) is 4.98 Å². The Bertz CT molecular complexity index is 597. The van der Waals surface area contributed by atoms with E-state index in [1.807, 2.05) is 12.1 Å². The van der Waals surface area contributed by atoms with Crippen molar-refractivity contribution in [3.8, 4) is 0 Å². The summed E-state index contributed by atoms with van der Waals surface area (Å²) >= 11 is 0. The number of rotatable bonds is 5. The van der Waals surface area contributed by atoms with Gasteiger partial charge in [0.25, 0.3) is 0 Å². The average molecular weight is 286 g/mol. The first-order valence-corrected chi connectivity index (χ1v) is 7.43. The van der Waals surface area contributed by atoms with Crippen LogP contribution in [0.25, 0.3) is 0 Å². The Morgan fingerprint density at radius 3 is 2.71 bits per heavy atom. The summed E-state index contributed by atoms with van der Waals surface area (Å²) in [6, 6.07) is 5.89. The van der Waals surface area contributed by atoms with Crippen LogP contribution in [0.1, 0.15) is 51.0 Å². The molecule has 1 aliphatic carbocycles. The van der Waals surface area contributed by atoms with Crippen molar-refractivity contribution in [1.82, 2.24) is 9.97 Å². The summed E-state index contributed by atoms with van der Waals surface area (Å²) in [6.07, 6.45) is 4.13. The monoisotopic (exact) mass is 286 g/mol. The number of hydrogen-bond donors (Lipinski definition) is 2. The minimum atomic E-state index is -0.0551. The van der Waals surface area contributed by atoms with Gasteiger partial charge in [0, 0.05) is 17.5 Å². The van der Waals surface area contributed by atoms with Gasteiger partial charge in [-0.3, -0.25) is 0 Å². The summed E-state index contributed by atoms with van der Waals surface area (Å²) < 4.78 is 5.33. The fraction of sp³-hybridized carbons (Fsp3) is 0.500. The van der Waals surface area contributed by atoms with Crippen molar-refractivity contribution >= 4 is 11.8 Å². The van der Waals surface area contributed by atoms with Gasteiger partial charge in [-0.15, -0.1) is 0 Å². The molecule has 2 heterocycles. The third kappa shape index (κ3) is 3.97. The third-order valence-electron chi connectivity index (χ3n) is 3.25. The minimum Gasteiger partial charge on any atom is -0.467 e. The quantitative estimate of drug-likeness (QED) is 0.876. The molecule has 21 heavy (non-hydrogen) atoms. The van der Waals surface area contributed by atoms with Gasteiger partial charge in [-0.25, -0.2) is 4.98 Å². The van der Waals surface area contributed by atoms with E-state index >= 15 is 0 Å². The van der Waals surface area contributed by atoms with E-state index in [1.165, 1.54) is 12.8 Å². The first-order valence-electron chi connectivity index (χ1n) is 7.43. The van der Waals surface area contributed by atoms with E-state index in [4.69, 9.17) is 4.42 Å². The highest BCUT2D eigenvalue weighted by Crippen LogP contribution is 2.40. The van der Waals surface area contributed by atoms with Gasteiger partial charge < -0.3 is 15.1 Å². The number of aromatic nitrogens is 2. The van der Waals surface area contributed by atoms with Crippen LogP contribution in [-0.2, 0) is 6.54 Å². The largest absolute Gasteiger partial charge is 0.467 e. The molecule has 0 aliphatic heterocycles. The van der Waals surface area contributed by atoms with Gasteiger partial charge in [0.2, 0.25) is 5.95 Å². The first kappa shape index (κ1) is 13.9. The summed E-state index contributed by atoms with van der Waals surface area (Å²) in [5.41, 5.74) is 1.07. The molecule has 3 rings (SSSR count). The van der Waals surface area contributed by atoms with Gasteiger partial charge in [0.05, 0.1) is 18.5 Å². The molecule has 2 aromatic heterocycles. The molecule has 0 radical (unpaired) electrons. The van der Waals surface area contributed by atoms with Crippen molar-refractivity contribution in [1.29, 1.82) is 0 Å². The Kier molecular flexibility index (Phi) is 3.57. The van der Waals surface area contributed by atoms with Crippen LogP contribution in [0.2, 0.25) is 0 Å². The molecule has 0 atom stereocenters. The zero-order valence-corrected chi connectivity index (χ0v) is 12.8. The maximum atomic E-state index is 5.33. The SMILES string of the molecule is CC(C)(C)Nc1nc(NCc2ccco2)cc(C2CC2)n1. The van der Waals surface area contributed by atoms with Gasteiger partial charge in [0.15, 0.2) is 0 Å². The predicted molar refractivity (Wildman–Crippen MR) is 83.4 cm³/mol. The van der Waals surface area contributed by atoms with Gasteiger partial charge in [-0.05, 0) is 45.7 Å². The second-order valence-electron chi connectivity index (χ2n) is 6.58. The topological polar surface area (TPSA) is 63.0 Å². The summed E-state index contributed by atoms with van der Waals surface area (Å²) in [6.45, 7) is 6.95. The molecule has 0 spiro atoms. The molecule has 5 nitrogen and oxygen atoms in total. The first-order chi connectivity index (χ1) is 9.99. The zero-order valence-electron chi connectivity index (χ0n) is 12.8. The van der Waals surface area contributed by atoms with Crippen molar-refractivity contribution in [2.24, 2.45) is 0 Å². The van der Waals surface area contributed by atoms with Gasteiger partial charge in [0.1, 0.15) is 11.6 Å². The van der Waals surface area contributed by atoms with Crippen LogP contribution >= 0.6 is 0 Å². The summed E-state index contributed by atoms with van der Waals surface area (Å²) in [5, 5.41) is 6.66. The van der Waals surface area contributed by atoms with E-state index in [1.54, 1.807) is 6.26 Å². The molecule has 0 bridgehead atoms. The van der Waals surface area contributed by atoms with Crippen LogP contribution in [0.15, 0.2) is 28.9 Å². The lowest BCUT2D eigenvalue weighted by molar-refractivity contribution is 0.517. The average Bonchev–Trinajstić information content (AvgIpc) is 3.11. The summed E-state index contributed by atoms with van der Waals surface area (Å²) in [7, 11) is 0. The number of nitrogens with zero attached hydrogens (tertiary/aromatic N) is 2. The molecule has 112 valence electrons. The molecule has 5 heteroatoms. The molecule has 0 aromatic carbocycles. The molecule has 1 saturated carbocycles. The fourth-order valence-electron chi connectivity index (χ4n) is 2.13. The van der Waals surface area contributed by atoms with E-state index < -0.39 is 0 Å². The predicted octanol–water partition coefficient (Wildman–Crippen LogP) is 3.77. The van der Waals surface area contributed by atoms with E-state index in [0.29, 0.717) is 18.4 Å². The lowest BCUT2D eigenvalue weighted by atomic mass is 10.1. The van der Waals surface area contributed by atoms with Crippen molar-refractivity contribution in [2.75, 3.05) is 10.6 Å². The highest BCUT2D eigenvalue weighted by molar-refractivity contribution is 5.45. The molecule has 1 aliphatic rings. The number of anilines is 2. The number of nitrogens with one attached hydrogen (secondary N) is 2. The van der Waals surface area contributed by atoms with Crippen LogP contribution in [0.3, 0.4) is 0 Å². The lowest BCUT2D eigenvalue weighted by Crippen LogP contribution is -2.27. The number of hydrogen-bond acceptors (Lipinski definition) is 5. The molecule has 0 unspecified atom stereocenters. The van der Waals surface area contributed by atoms with Crippen molar-refractivity contribution in [3.05, 3.63) is 35.9 Å². The second-order valence-corrected chi connectivity index (χ2v) is 6.58. The van der Waals surface area contributed by atoms with Crippen LogP contribution in [0, 0.1) is 0 Å². The summed E-state index contributed by atoms with van der Waals surface area (Å²) in [4.78, 5) is 9.19. The standard InChI is InChI=1S/C16H22N4O/c1-16(2,3)20-15-18-13(11-6-7-11)9-14(19-15)17-10-12-5-4-8-21-12/h4-5,8-9,11H,6-7,10H2,1-3H3,(H2,17,18,19,20). The molecule has 2 N–H and O–H groups in total. The maximum Gasteiger partial charge on any atom is 0.225 e. The van der Waals surface area contributed by atoms with Gasteiger partial charge >= 0.3 is 0 Å². The van der Waals surface area contributed by atoms with E-state index in [0.717, 1.165) is 17.3 Å². The van der Waals surface area contributed by atoms with Crippen molar-refractivity contribution in [2.45, 2.75) is 51.6 Å². The van der Waals surface area contributed by atoms with Crippen molar-refractivity contribution in [3.63, 3.8) is 0 Å². The van der Waals surface area contributed by atoms with Crippen LogP contribution in [0.4, 0.5) is 11.8 Å². The number of furan rings is 1. The minimum absolute atomic E-state index is 0.0551. The molecule has 0 amide bonds. The molecular formula is C16H22N4O. The highest BCUT2D eigenvalue weighted by atomic mass is 16.3. The highest BCUT2D eigenvalue weighted by Gasteiger charge is 2.26. The Morgan fingerprint density at radius 1 is 1.29 bits per heavy atom. The van der Waals surface area contributed by atoms with Crippen LogP contribution in [0.5, 0.6) is 0 Å². The van der Waals surface area contributed by atoms with E-state index in [2.05, 4.69) is 47.4 Å². The molecule has 0 saturated heterocycles. The summed E-state index contributed by atoms with van der Waals surface area (Å²) in [5.74, 6) is 3.02. The van der Waals surface area contributed by atoms with Crippen LogP contribution in [-0.4, -0.2) is 15.5 Å². The smallest absolute Gasteiger partial charge is 0.225 e. The molecule has 2 aromatic rings. The van der Waals surface area contributed by atoms with Crippen LogP contribution < -0.4 is 10.6 Å². The Balaban J connectivity index is 1.77.